The highest BCUT2D eigenvalue weighted by Gasteiger charge is 2.10. The molecule has 19 heavy (non-hydrogen) atoms. The molecular weight excluding hydrogens is 244 g/mol. The number of oxazole rings is 1. The van der Waals surface area contributed by atoms with E-state index in [1.54, 1.807) is 37.4 Å². The third-order valence-electron chi connectivity index (χ3n) is 2.87. The van der Waals surface area contributed by atoms with Gasteiger partial charge in [-0.25, -0.2) is 4.98 Å². The van der Waals surface area contributed by atoms with E-state index in [4.69, 9.17) is 14.9 Å². The van der Waals surface area contributed by atoms with Crippen LogP contribution in [0, 0.1) is 0 Å². The van der Waals surface area contributed by atoms with Crippen LogP contribution in [0.3, 0.4) is 0 Å². The Hall–Kier alpha value is -2.69. The number of nitrogen functional groups attached to an aromatic ring is 1. The third kappa shape index (κ3) is 1.95. The van der Waals surface area contributed by atoms with Crippen LogP contribution in [0.25, 0.3) is 22.6 Å². The Balaban J connectivity index is 2.11. The second-order valence-electron chi connectivity index (χ2n) is 4.13. The number of phenolic OH excluding ortho intramolecular Hbond substituents is 1. The predicted molar refractivity (Wildman–Crippen MR) is 72.1 cm³/mol. The quantitative estimate of drug-likeness (QED) is 0.544. The molecule has 0 aliphatic rings. The van der Waals surface area contributed by atoms with Gasteiger partial charge in [0.2, 0.25) is 5.89 Å². The van der Waals surface area contributed by atoms with Gasteiger partial charge in [0.25, 0.3) is 0 Å². The molecule has 3 N–H and O–H groups in total. The minimum absolute atomic E-state index is 0.0114. The average molecular weight is 256 g/mol. The average Bonchev–Trinajstić information content (AvgIpc) is 2.84. The minimum atomic E-state index is 0.0114. The second kappa shape index (κ2) is 4.20. The molecule has 0 radical (unpaired) electrons. The number of hydrogen-bond acceptors (Lipinski definition) is 5. The first-order valence-corrected chi connectivity index (χ1v) is 5.71. The summed E-state index contributed by atoms with van der Waals surface area (Å²) in [6.07, 6.45) is 0. The Morgan fingerprint density at radius 1 is 1.21 bits per heavy atom. The fourth-order valence-corrected chi connectivity index (χ4v) is 1.83. The number of methoxy groups -OCH3 is 1. The van der Waals surface area contributed by atoms with Gasteiger partial charge in [-0.15, -0.1) is 0 Å². The van der Waals surface area contributed by atoms with Crippen LogP contribution in [-0.2, 0) is 0 Å². The molecule has 1 heterocycles. The van der Waals surface area contributed by atoms with Gasteiger partial charge in [0, 0.05) is 11.6 Å². The molecule has 0 bridgehead atoms. The molecular formula is C14H12N2O3. The summed E-state index contributed by atoms with van der Waals surface area (Å²) in [5.74, 6) is 1.16. The Kier molecular flexibility index (Phi) is 2.52. The Morgan fingerprint density at radius 2 is 2.05 bits per heavy atom. The molecule has 3 rings (SSSR count). The normalized spacial score (nSPS) is 10.8. The maximum atomic E-state index is 9.60. The number of fused-ring (bicyclic) bond motifs is 1. The van der Waals surface area contributed by atoms with Crippen LogP contribution in [0.1, 0.15) is 0 Å². The third-order valence-corrected chi connectivity index (χ3v) is 2.87. The molecule has 3 aromatic rings. The van der Waals surface area contributed by atoms with Crippen LogP contribution in [0.4, 0.5) is 5.69 Å². The standard InChI is InChI=1S/C14H12N2O3/c1-18-9-3-5-13-11(7-9)16-14(19-13)8-2-4-10(15)12(17)6-8/h2-7,17H,15H2,1H3. The topological polar surface area (TPSA) is 81.5 Å². The zero-order valence-electron chi connectivity index (χ0n) is 10.3. The maximum absolute atomic E-state index is 9.60. The Labute approximate surface area is 109 Å². The molecule has 0 saturated heterocycles. The number of benzene rings is 2. The van der Waals surface area contributed by atoms with Crippen LogP contribution < -0.4 is 10.5 Å². The fraction of sp³-hybridized carbons (Fsp3) is 0.0714. The highest BCUT2D eigenvalue weighted by molar-refractivity contribution is 5.78. The summed E-state index contributed by atoms with van der Waals surface area (Å²) in [6, 6.07) is 10.3. The van der Waals surface area contributed by atoms with Crippen molar-refractivity contribution in [1.82, 2.24) is 4.98 Å². The lowest BCUT2D eigenvalue weighted by Crippen LogP contribution is -1.86. The first-order chi connectivity index (χ1) is 9.17. The summed E-state index contributed by atoms with van der Waals surface area (Å²) < 4.78 is 10.8. The van der Waals surface area contributed by atoms with Crippen molar-refractivity contribution in [2.75, 3.05) is 12.8 Å². The van der Waals surface area contributed by atoms with Gasteiger partial charge >= 0.3 is 0 Å². The van der Waals surface area contributed by atoms with E-state index >= 15 is 0 Å². The van der Waals surface area contributed by atoms with E-state index in [-0.39, 0.29) is 5.75 Å². The first-order valence-electron chi connectivity index (χ1n) is 5.71. The number of anilines is 1. The SMILES string of the molecule is COc1ccc2oc(-c3ccc(N)c(O)c3)nc2c1. The molecule has 96 valence electrons. The van der Waals surface area contributed by atoms with Gasteiger partial charge in [-0.1, -0.05) is 0 Å². The first kappa shape index (κ1) is 11.4. The summed E-state index contributed by atoms with van der Waals surface area (Å²) in [4.78, 5) is 4.36. The van der Waals surface area contributed by atoms with Gasteiger partial charge in [-0.2, -0.15) is 0 Å². The van der Waals surface area contributed by atoms with E-state index < -0.39 is 0 Å². The minimum Gasteiger partial charge on any atom is -0.506 e. The number of aromatic nitrogens is 1. The number of rotatable bonds is 2. The fourth-order valence-electron chi connectivity index (χ4n) is 1.83. The largest absolute Gasteiger partial charge is 0.506 e. The number of nitrogens with zero attached hydrogens (tertiary/aromatic N) is 1. The van der Waals surface area contributed by atoms with Gasteiger partial charge in [-0.05, 0) is 30.3 Å². The van der Waals surface area contributed by atoms with Gasteiger partial charge in [0.1, 0.15) is 17.0 Å². The van der Waals surface area contributed by atoms with Crippen LogP contribution in [0.5, 0.6) is 11.5 Å². The zero-order chi connectivity index (χ0) is 13.4. The summed E-state index contributed by atoms with van der Waals surface area (Å²) in [6.45, 7) is 0. The molecule has 0 atom stereocenters. The van der Waals surface area contributed by atoms with E-state index in [2.05, 4.69) is 4.98 Å². The number of aromatic hydroxyl groups is 1. The van der Waals surface area contributed by atoms with Crippen LogP contribution in [0.15, 0.2) is 40.8 Å². The highest BCUT2D eigenvalue weighted by atomic mass is 16.5. The highest BCUT2D eigenvalue weighted by Crippen LogP contribution is 2.30. The van der Waals surface area contributed by atoms with E-state index in [0.717, 1.165) is 0 Å². The molecule has 5 nitrogen and oxygen atoms in total. The number of ether oxygens (including phenoxy) is 1. The molecule has 0 fully saturated rings. The molecule has 0 aliphatic carbocycles. The maximum Gasteiger partial charge on any atom is 0.227 e. The van der Waals surface area contributed by atoms with Crippen LogP contribution in [0.2, 0.25) is 0 Å². The Morgan fingerprint density at radius 3 is 2.79 bits per heavy atom. The summed E-state index contributed by atoms with van der Waals surface area (Å²) in [5, 5.41) is 9.60. The Bertz CT molecular complexity index is 750. The summed E-state index contributed by atoms with van der Waals surface area (Å²) in [7, 11) is 1.60. The number of phenols is 1. The molecule has 1 aromatic heterocycles. The number of hydrogen-bond donors (Lipinski definition) is 2. The lowest BCUT2D eigenvalue weighted by atomic mass is 10.2. The molecule has 0 amide bonds. The van der Waals surface area contributed by atoms with Crippen molar-refractivity contribution in [1.29, 1.82) is 0 Å². The summed E-state index contributed by atoms with van der Waals surface area (Å²) >= 11 is 0. The second-order valence-corrected chi connectivity index (χ2v) is 4.13. The van der Waals surface area contributed by atoms with Crippen molar-refractivity contribution < 1.29 is 14.3 Å². The van der Waals surface area contributed by atoms with Crippen molar-refractivity contribution in [3.05, 3.63) is 36.4 Å². The molecule has 5 heteroatoms. The van der Waals surface area contributed by atoms with Crippen molar-refractivity contribution in [2.24, 2.45) is 0 Å². The molecule has 0 saturated carbocycles. The van der Waals surface area contributed by atoms with Gasteiger partial charge in [-0.3, -0.25) is 0 Å². The van der Waals surface area contributed by atoms with E-state index in [1.807, 2.05) is 0 Å². The van der Waals surface area contributed by atoms with Gasteiger partial charge in [0.15, 0.2) is 5.58 Å². The monoisotopic (exact) mass is 256 g/mol. The zero-order valence-corrected chi connectivity index (χ0v) is 10.3. The molecule has 0 spiro atoms. The lowest BCUT2D eigenvalue weighted by molar-refractivity contribution is 0.415. The van der Waals surface area contributed by atoms with E-state index in [9.17, 15) is 5.11 Å². The van der Waals surface area contributed by atoms with Crippen molar-refractivity contribution in [3.63, 3.8) is 0 Å². The van der Waals surface area contributed by atoms with Crippen LogP contribution >= 0.6 is 0 Å². The van der Waals surface area contributed by atoms with Crippen molar-refractivity contribution >= 4 is 16.8 Å². The predicted octanol–water partition coefficient (Wildman–Crippen LogP) is 2.79. The molecule has 2 aromatic carbocycles. The van der Waals surface area contributed by atoms with Crippen LogP contribution in [-0.4, -0.2) is 17.2 Å². The smallest absolute Gasteiger partial charge is 0.227 e. The number of nitrogens with two attached hydrogens (primary N) is 1. The van der Waals surface area contributed by atoms with Crippen molar-refractivity contribution in [3.8, 4) is 23.0 Å². The molecule has 0 aliphatic heterocycles. The lowest BCUT2D eigenvalue weighted by Gasteiger charge is -1.99. The van der Waals surface area contributed by atoms with Crippen molar-refractivity contribution in [2.45, 2.75) is 0 Å². The molecule has 0 unspecified atom stereocenters. The van der Waals surface area contributed by atoms with Gasteiger partial charge in [0.05, 0.1) is 12.8 Å². The summed E-state index contributed by atoms with van der Waals surface area (Å²) in [5.41, 5.74) is 7.91. The van der Waals surface area contributed by atoms with Gasteiger partial charge < -0.3 is 20.0 Å². The van der Waals surface area contributed by atoms with E-state index in [0.29, 0.717) is 34.0 Å². The van der Waals surface area contributed by atoms with E-state index in [1.165, 1.54) is 6.07 Å².